The molecule has 0 spiro atoms. The van der Waals surface area contributed by atoms with Crippen LogP contribution in [0.1, 0.15) is 20.8 Å². The van der Waals surface area contributed by atoms with Gasteiger partial charge in [-0.05, 0) is 39.0 Å². The predicted molar refractivity (Wildman–Crippen MR) is 109 cm³/mol. The number of nitrogens with zero attached hydrogens (tertiary/aromatic N) is 2. The third kappa shape index (κ3) is 6.76. The highest BCUT2D eigenvalue weighted by Gasteiger charge is 2.36. The summed E-state index contributed by atoms with van der Waals surface area (Å²) < 4.78 is 29.2. The lowest BCUT2D eigenvalue weighted by molar-refractivity contribution is -0.394. The lowest BCUT2D eigenvalue weighted by Gasteiger charge is -2.23. The second-order valence-electron chi connectivity index (χ2n) is 6.50. The topological polar surface area (TPSA) is 160 Å². The highest BCUT2D eigenvalue weighted by Crippen LogP contribution is 2.48. The molecule has 0 aliphatic carbocycles. The molecule has 1 N–H and O–H groups in total. The summed E-state index contributed by atoms with van der Waals surface area (Å²) in [7, 11) is -4.45. The number of rotatable bonds is 10. The average molecular weight is 453 g/mol. The highest BCUT2D eigenvalue weighted by molar-refractivity contribution is 7.52. The fourth-order valence-electron chi connectivity index (χ4n) is 2.28. The van der Waals surface area contributed by atoms with Crippen molar-refractivity contribution in [1.29, 1.82) is 0 Å². The highest BCUT2D eigenvalue weighted by atomic mass is 31.2. The fourth-order valence-corrected chi connectivity index (χ4v) is 3.82. The molecule has 0 fully saturated rings. The summed E-state index contributed by atoms with van der Waals surface area (Å²) in [5, 5.41) is 24.7. The number of nitrogens with one attached hydrogen (secondary N) is 1. The first kappa shape index (κ1) is 23.8. The van der Waals surface area contributed by atoms with Crippen LogP contribution in [0.15, 0.2) is 48.5 Å². The van der Waals surface area contributed by atoms with Crippen molar-refractivity contribution in [3.05, 3.63) is 68.8 Å². The van der Waals surface area contributed by atoms with E-state index in [4.69, 9.17) is 13.8 Å². The van der Waals surface area contributed by atoms with Crippen molar-refractivity contribution in [2.75, 3.05) is 0 Å². The van der Waals surface area contributed by atoms with Gasteiger partial charge in [0.05, 0.1) is 22.0 Å². The number of non-ortho nitro benzene ring substituents is 1. The third-order valence-electron chi connectivity index (χ3n) is 3.59. The van der Waals surface area contributed by atoms with Gasteiger partial charge in [0.15, 0.2) is 0 Å². The van der Waals surface area contributed by atoms with Crippen molar-refractivity contribution in [1.82, 2.24) is 5.09 Å². The van der Waals surface area contributed by atoms with Crippen molar-refractivity contribution in [3.63, 3.8) is 0 Å². The second kappa shape index (κ2) is 10.0. The summed E-state index contributed by atoms with van der Waals surface area (Å²) in [6, 6.07) is 9.14. The Morgan fingerprint density at radius 1 is 1.00 bits per heavy atom. The number of nitro benzene ring substituents is 2. The number of carbonyl (C=O) groups is 1. The monoisotopic (exact) mass is 453 g/mol. The predicted octanol–water partition coefficient (Wildman–Crippen LogP) is 4.00. The van der Waals surface area contributed by atoms with E-state index >= 15 is 0 Å². The van der Waals surface area contributed by atoms with Crippen LogP contribution in [0.4, 0.5) is 11.4 Å². The average Bonchev–Trinajstić information content (AvgIpc) is 2.67. The summed E-state index contributed by atoms with van der Waals surface area (Å²) in [5.74, 6) is -1.21. The Kier molecular flexibility index (Phi) is 7.67. The van der Waals surface area contributed by atoms with Crippen molar-refractivity contribution in [2.45, 2.75) is 32.9 Å². The smallest absolute Gasteiger partial charge is 0.462 e. The number of benzene rings is 2. The molecular weight excluding hydrogens is 433 g/mol. The minimum atomic E-state index is -4.45. The molecule has 2 aromatic carbocycles. The summed E-state index contributed by atoms with van der Waals surface area (Å²) in [4.78, 5) is 32.7. The van der Waals surface area contributed by atoms with Crippen LogP contribution >= 0.6 is 7.75 Å². The van der Waals surface area contributed by atoms with Crippen LogP contribution in [0.2, 0.25) is 0 Å². The Hall–Kier alpha value is -3.50. The lowest BCUT2D eigenvalue weighted by Crippen LogP contribution is -2.36. The zero-order valence-electron chi connectivity index (χ0n) is 16.8. The van der Waals surface area contributed by atoms with Gasteiger partial charge in [0, 0.05) is 6.07 Å². The Morgan fingerprint density at radius 2 is 1.65 bits per heavy atom. The molecule has 0 bridgehead atoms. The van der Waals surface area contributed by atoms with Crippen LogP contribution in [0.25, 0.3) is 0 Å². The quantitative estimate of drug-likeness (QED) is 0.241. The van der Waals surface area contributed by atoms with Gasteiger partial charge in [0.1, 0.15) is 11.8 Å². The van der Waals surface area contributed by atoms with Gasteiger partial charge in [0.25, 0.3) is 5.69 Å². The maximum absolute atomic E-state index is 13.4. The van der Waals surface area contributed by atoms with Crippen LogP contribution in [0, 0.1) is 20.2 Å². The zero-order chi connectivity index (χ0) is 23.2. The van der Waals surface area contributed by atoms with Crippen molar-refractivity contribution < 1.29 is 33.0 Å². The van der Waals surface area contributed by atoms with E-state index in [0.29, 0.717) is 6.07 Å². The van der Waals surface area contributed by atoms with E-state index in [1.165, 1.54) is 19.1 Å². The van der Waals surface area contributed by atoms with Gasteiger partial charge in [0.2, 0.25) is 5.75 Å². The lowest BCUT2D eigenvalue weighted by atomic mass is 10.2. The molecule has 13 heteroatoms. The number of ether oxygens (including phenoxy) is 1. The molecule has 2 rings (SSSR count). The molecule has 12 nitrogen and oxygen atoms in total. The molecule has 0 aliphatic rings. The number of esters is 1. The van der Waals surface area contributed by atoms with E-state index in [1.807, 2.05) is 0 Å². The van der Waals surface area contributed by atoms with E-state index < -0.39 is 52.8 Å². The van der Waals surface area contributed by atoms with Crippen molar-refractivity contribution in [2.24, 2.45) is 0 Å². The van der Waals surface area contributed by atoms with Crippen LogP contribution in [-0.4, -0.2) is 28.0 Å². The van der Waals surface area contributed by atoms with E-state index in [9.17, 15) is 29.6 Å². The number of carbonyl (C=O) groups excluding carboxylic acids is 1. The molecule has 166 valence electrons. The molecular formula is C18H20N3O9P. The van der Waals surface area contributed by atoms with Crippen molar-refractivity contribution >= 4 is 25.1 Å². The summed E-state index contributed by atoms with van der Waals surface area (Å²) in [6.45, 7) is 4.60. The Labute approximate surface area is 177 Å². The van der Waals surface area contributed by atoms with Gasteiger partial charge in [-0.25, -0.2) is 4.57 Å². The van der Waals surface area contributed by atoms with Gasteiger partial charge in [-0.1, -0.05) is 18.2 Å². The molecule has 2 aromatic rings. The standard InChI is InChI=1S/C18H20N3O9P/c1-12(2)28-18(22)13(3)19-31(27,29-15-7-5-4-6-8-15)30-17-10-9-14(20(23)24)11-16(17)21(25)26/h4-13H,1-3H3,(H,19,27)/t13-,31?/m0/s1. The zero-order valence-corrected chi connectivity index (χ0v) is 17.7. The summed E-state index contributed by atoms with van der Waals surface area (Å²) >= 11 is 0. The SMILES string of the molecule is CC(C)OC(=O)[C@H](C)NP(=O)(Oc1ccccc1)Oc1ccc([N+](=O)[O-])cc1[N+](=O)[O-]. The molecule has 0 saturated heterocycles. The fraction of sp³-hybridized carbons (Fsp3) is 0.278. The summed E-state index contributed by atoms with van der Waals surface area (Å²) in [6.07, 6.45) is -0.442. The van der Waals surface area contributed by atoms with E-state index in [2.05, 4.69) is 5.09 Å². The maximum Gasteiger partial charge on any atom is 0.513 e. The first-order chi connectivity index (χ1) is 14.5. The molecule has 0 aliphatic heterocycles. The van der Waals surface area contributed by atoms with Gasteiger partial charge in [-0.3, -0.25) is 25.0 Å². The molecule has 2 atom stereocenters. The molecule has 0 heterocycles. The summed E-state index contributed by atoms with van der Waals surface area (Å²) in [5.41, 5.74) is -1.36. The van der Waals surface area contributed by atoms with Gasteiger partial charge in [-0.15, -0.1) is 0 Å². The van der Waals surface area contributed by atoms with Crippen molar-refractivity contribution in [3.8, 4) is 11.5 Å². The minimum Gasteiger partial charge on any atom is -0.462 e. The molecule has 0 radical (unpaired) electrons. The van der Waals surface area contributed by atoms with Crippen LogP contribution < -0.4 is 14.1 Å². The first-order valence-corrected chi connectivity index (χ1v) is 10.5. The van der Waals surface area contributed by atoms with E-state index in [1.54, 1.807) is 32.0 Å². The number of hydrogen-bond donors (Lipinski definition) is 1. The Morgan fingerprint density at radius 3 is 2.19 bits per heavy atom. The number of para-hydroxylation sites is 1. The third-order valence-corrected chi connectivity index (χ3v) is 5.19. The maximum atomic E-state index is 13.4. The van der Waals surface area contributed by atoms with Crippen LogP contribution in [0.5, 0.6) is 11.5 Å². The normalized spacial score (nSPS) is 13.7. The molecule has 31 heavy (non-hydrogen) atoms. The Balaban J connectivity index is 2.41. The van der Waals surface area contributed by atoms with E-state index in [-0.39, 0.29) is 5.75 Å². The molecule has 1 unspecified atom stereocenters. The molecule has 0 saturated carbocycles. The second-order valence-corrected chi connectivity index (χ2v) is 8.11. The van der Waals surface area contributed by atoms with Crippen LogP contribution in [0.3, 0.4) is 0 Å². The van der Waals surface area contributed by atoms with Gasteiger partial charge < -0.3 is 13.8 Å². The van der Waals surface area contributed by atoms with Gasteiger partial charge >= 0.3 is 19.4 Å². The molecule has 0 aromatic heterocycles. The number of nitro groups is 2. The molecule has 0 amide bonds. The van der Waals surface area contributed by atoms with Crippen LogP contribution in [-0.2, 0) is 14.1 Å². The first-order valence-electron chi connectivity index (χ1n) is 8.96. The largest absolute Gasteiger partial charge is 0.513 e. The Bertz CT molecular complexity index is 1010. The minimum absolute atomic E-state index is 0.0901. The number of hydrogen-bond acceptors (Lipinski definition) is 9. The van der Waals surface area contributed by atoms with Gasteiger partial charge in [-0.2, -0.15) is 5.09 Å². The van der Waals surface area contributed by atoms with E-state index in [0.717, 1.165) is 12.1 Å².